The van der Waals surface area contributed by atoms with Gasteiger partial charge in [0.2, 0.25) is 15.9 Å². The van der Waals surface area contributed by atoms with E-state index in [1.54, 1.807) is 13.2 Å². The highest BCUT2D eigenvalue weighted by Crippen LogP contribution is 2.26. The van der Waals surface area contributed by atoms with Crippen LogP contribution < -0.4 is 14.8 Å². The van der Waals surface area contributed by atoms with E-state index in [-0.39, 0.29) is 17.2 Å². The van der Waals surface area contributed by atoms with Crippen LogP contribution in [0.5, 0.6) is 11.5 Å². The summed E-state index contributed by atoms with van der Waals surface area (Å²) in [4.78, 5) is 12.5. The van der Waals surface area contributed by atoms with Gasteiger partial charge in [0.05, 0.1) is 18.6 Å². The Bertz CT molecular complexity index is 954. The number of ether oxygens (including phenoxy) is 2. The average Bonchev–Trinajstić information content (AvgIpc) is 2.68. The molecule has 158 valence electrons. The van der Waals surface area contributed by atoms with Gasteiger partial charge < -0.3 is 14.8 Å². The van der Waals surface area contributed by atoms with Crippen LogP contribution in [0.1, 0.15) is 24.0 Å². The molecule has 0 aromatic heterocycles. The van der Waals surface area contributed by atoms with Crippen LogP contribution in [0.4, 0.5) is 5.69 Å². The Morgan fingerprint density at radius 2 is 1.69 bits per heavy atom. The van der Waals surface area contributed by atoms with E-state index in [9.17, 15) is 13.2 Å². The first-order valence-electron chi connectivity index (χ1n) is 9.25. The molecule has 0 aliphatic carbocycles. The largest absolute Gasteiger partial charge is 0.497 e. The van der Waals surface area contributed by atoms with Crippen molar-refractivity contribution in [2.45, 2.75) is 31.6 Å². The third-order valence-electron chi connectivity index (χ3n) is 4.57. The van der Waals surface area contributed by atoms with E-state index in [4.69, 9.17) is 9.47 Å². The lowest BCUT2D eigenvalue weighted by Crippen LogP contribution is -2.23. The molecular weight excluding hydrogens is 392 g/mol. The van der Waals surface area contributed by atoms with Crippen molar-refractivity contribution in [1.82, 2.24) is 4.31 Å². The fourth-order valence-corrected chi connectivity index (χ4v) is 3.64. The molecular formula is C21H28N2O5S. The number of nitrogens with zero attached hydrogens (tertiary/aromatic N) is 1. The fraction of sp³-hybridized carbons (Fsp3) is 0.381. The second-order valence-electron chi connectivity index (χ2n) is 6.88. The number of rotatable bonds is 9. The summed E-state index contributed by atoms with van der Waals surface area (Å²) < 4.78 is 36.7. The van der Waals surface area contributed by atoms with Gasteiger partial charge in [0.1, 0.15) is 11.5 Å². The molecule has 0 spiro atoms. The van der Waals surface area contributed by atoms with Gasteiger partial charge >= 0.3 is 0 Å². The molecule has 2 aromatic rings. The molecule has 0 radical (unpaired) electrons. The normalized spacial score (nSPS) is 11.4. The quantitative estimate of drug-likeness (QED) is 0.629. The summed E-state index contributed by atoms with van der Waals surface area (Å²) in [5, 5.41) is 2.82. The van der Waals surface area contributed by atoms with E-state index in [1.165, 1.54) is 20.2 Å². The van der Waals surface area contributed by atoms with E-state index >= 15 is 0 Å². The molecule has 1 amide bonds. The van der Waals surface area contributed by atoms with Crippen molar-refractivity contribution in [3.63, 3.8) is 0 Å². The Morgan fingerprint density at radius 3 is 2.28 bits per heavy atom. The van der Waals surface area contributed by atoms with Gasteiger partial charge in [0, 0.05) is 26.2 Å². The predicted molar refractivity (Wildman–Crippen MR) is 113 cm³/mol. The highest BCUT2D eigenvalue weighted by Gasteiger charge is 2.20. The van der Waals surface area contributed by atoms with Crippen LogP contribution in [0.2, 0.25) is 0 Å². The third-order valence-corrected chi connectivity index (χ3v) is 6.36. The predicted octanol–water partition coefficient (Wildman–Crippen LogP) is 3.36. The first-order chi connectivity index (χ1) is 13.6. The number of aryl methyl sites for hydroxylation is 1. The molecule has 2 aromatic carbocycles. The van der Waals surface area contributed by atoms with E-state index in [0.29, 0.717) is 24.5 Å². The van der Waals surface area contributed by atoms with Gasteiger partial charge in [0.25, 0.3) is 0 Å². The minimum absolute atomic E-state index is 0.156. The van der Waals surface area contributed by atoms with Crippen LogP contribution in [0.25, 0.3) is 0 Å². The molecule has 0 saturated heterocycles. The number of amides is 1. The first kappa shape index (κ1) is 22.7. The maximum absolute atomic E-state index is 12.4. The molecule has 29 heavy (non-hydrogen) atoms. The van der Waals surface area contributed by atoms with Crippen molar-refractivity contribution >= 4 is 21.6 Å². The lowest BCUT2D eigenvalue weighted by atomic mass is 10.1. The van der Waals surface area contributed by atoms with Crippen LogP contribution in [0.15, 0.2) is 41.3 Å². The Balaban J connectivity index is 1.95. The monoisotopic (exact) mass is 420 g/mol. The maximum Gasteiger partial charge on any atom is 0.242 e. The van der Waals surface area contributed by atoms with Crippen LogP contribution in [0.3, 0.4) is 0 Å². The molecule has 0 aliphatic rings. The van der Waals surface area contributed by atoms with Gasteiger partial charge in [0.15, 0.2) is 0 Å². The van der Waals surface area contributed by atoms with E-state index in [2.05, 4.69) is 5.32 Å². The van der Waals surface area contributed by atoms with Crippen molar-refractivity contribution < 1.29 is 22.7 Å². The molecule has 0 atom stereocenters. The van der Waals surface area contributed by atoms with E-state index in [0.717, 1.165) is 21.2 Å². The van der Waals surface area contributed by atoms with Gasteiger partial charge in [-0.1, -0.05) is 0 Å². The molecule has 0 saturated carbocycles. The molecule has 0 heterocycles. The van der Waals surface area contributed by atoms with Crippen molar-refractivity contribution in [2.75, 3.05) is 33.1 Å². The highest BCUT2D eigenvalue weighted by molar-refractivity contribution is 7.89. The van der Waals surface area contributed by atoms with E-state index < -0.39 is 10.0 Å². The summed E-state index contributed by atoms with van der Waals surface area (Å²) in [6, 6.07) is 10.3. The van der Waals surface area contributed by atoms with Crippen LogP contribution in [-0.4, -0.2) is 46.4 Å². The van der Waals surface area contributed by atoms with Crippen LogP contribution >= 0.6 is 0 Å². The number of carbonyl (C=O) groups excluding carboxylic acids is 1. The lowest BCUT2D eigenvalue weighted by Gasteiger charge is -2.16. The zero-order valence-corrected chi connectivity index (χ0v) is 18.3. The Kier molecular flexibility index (Phi) is 7.64. The van der Waals surface area contributed by atoms with Crippen molar-refractivity contribution in [3.8, 4) is 11.5 Å². The highest BCUT2D eigenvalue weighted by atomic mass is 32.2. The number of nitrogens with one attached hydrogen (secondary N) is 1. The minimum Gasteiger partial charge on any atom is -0.497 e. The van der Waals surface area contributed by atoms with Crippen LogP contribution in [-0.2, 0) is 14.8 Å². The fourth-order valence-electron chi connectivity index (χ4n) is 2.62. The van der Waals surface area contributed by atoms with E-state index in [1.807, 2.05) is 38.1 Å². The van der Waals surface area contributed by atoms with Crippen molar-refractivity contribution in [2.24, 2.45) is 0 Å². The van der Waals surface area contributed by atoms with Gasteiger partial charge in [-0.05, 0) is 67.8 Å². The summed E-state index contributed by atoms with van der Waals surface area (Å²) >= 11 is 0. The molecule has 2 rings (SSSR count). The van der Waals surface area contributed by atoms with Crippen LogP contribution in [0, 0.1) is 13.8 Å². The molecule has 7 nitrogen and oxygen atoms in total. The maximum atomic E-state index is 12.4. The molecule has 0 unspecified atom stereocenters. The number of carbonyl (C=O) groups is 1. The Morgan fingerprint density at radius 1 is 1.07 bits per heavy atom. The Hall–Kier alpha value is -2.58. The lowest BCUT2D eigenvalue weighted by molar-refractivity contribution is -0.116. The molecule has 0 bridgehead atoms. The minimum atomic E-state index is -3.58. The number of methoxy groups -OCH3 is 1. The summed E-state index contributed by atoms with van der Waals surface area (Å²) in [6.07, 6.45) is 0.797. The summed E-state index contributed by atoms with van der Waals surface area (Å²) in [6.45, 7) is 4.07. The smallest absolute Gasteiger partial charge is 0.242 e. The number of hydrogen-bond acceptors (Lipinski definition) is 5. The first-order valence-corrected chi connectivity index (χ1v) is 10.7. The number of anilines is 1. The second kappa shape index (κ2) is 9.76. The summed E-state index contributed by atoms with van der Waals surface area (Å²) in [5.74, 6) is 1.27. The topological polar surface area (TPSA) is 84.9 Å². The molecule has 1 N–H and O–H groups in total. The number of hydrogen-bond donors (Lipinski definition) is 1. The van der Waals surface area contributed by atoms with Crippen molar-refractivity contribution in [1.29, 1.82) is 0 Å². The number of sulfonamides is 1. The third kappa shape index (κ3) is 5.95. The second-order valence-corrected chi connectivity index (χ2v) is 9.03. The molecule has 8 heteroatoms. The zero-order valence-electron chi connectivity index (χ0n) is 17.5. The van der Waals surface area contributed by atoms with Crippen molar-refractivity contribution in [3.05, 3.63) is 47.5 Å². The zero-order chi connectivity index (χ0) is 21.6. The Labute approximate surface area is 172 Å². The number of benzene rings is 2. The van der Waals surface area contributed by atoms with Gasteiger partial charge in [-0.2, -0.15) is 0 Å². The summed E-state index contributed by atoms with van der Waals surface area (Å²) in [5.41, 5.74) is 2.14. The SMILES string of the molecule is COc1ccc(OCCCC(=O)Nc2cc(S(=O)(=O)N(C)C)cc(C)c2C)cc1. The van der Waals surface area contributed by atoms with Gasteiger partial charge in [-0.25, -0.2) is 12.7 Å². The molecule has 0 aliphatic heterocycles. The molecule has 0 fully saturated rings. The average molecular weight is 421 g/mol. The standard InChI is InChI=1S/C21H28N2O5S/c1-15-13-19(29(25,26)23(3)4)14-20(16(15)2)22-21(24)7-6-12-28-18-10-8-17(27-5)9-11-18/h8-11,13-14H,6-7,12H2,1-5H3,(H,22,24). The summed E-state index contributed by atoms with van der Waals surface area (Å²) in [7, 11) is 0.978. The van der Waals surface area contributed by atoms with Gasteiger partial charge in [-0.3, -0.25) is 4.79 Å². The van der Waals surface area contributed by atoms with Gasteiger partial charge in [-0.15, -0.1) is 0 Å².